The molecule has 2 N–H and O–H groups in total. The van der Waals surface area contributed by atoms with E-state index in [1.54, 1.807) is 30.3 Å². The second-order valence-electron chi connectivity index (χ2n) is 7.73. The summed E-state index contributed by atoms with van der Waals surface area (Å²) in [6, 6.07) is 11.9. The summed E-state index contributed by atoms with van der Waals surface area (Å²) in [6.07, 6.45) is 1.16. The minimum atomic E-state index is -3.89. The van der Waals surface area contributed by atoms with E-state index in [1.165, 1.54) is 38.4 Å². The Kier molecular flexibility index (Phi) is 9.21. The maximum atomic E-state index is 13.3. The Hall–Kier alpha value is -2.99. The SMILES string of the molecule is CNC(=O)C1=C[C@H](c2ccc(F)cc2)C[C@H](OCCN(CCO)S(=O)(=O)c2ccc(OC)cc2)O1. The smallest absolute Gasteiger partial charge is 0.285 e. The summed E-state index contributed by atoms with van der Waals surface area (Å²) in [5.74, 6) is -0.485. The van der Waals surface area contributed by atoms with E-state index in [4.69, 9.17) is 14.2 Å². The zero-order valence-electron chi connectivity index (χ0n) is 19.5. The van der Waals surface area contributed by atoms with Crippen molar-refractivity contribution in [1.29, 1.82) is 0 Å². The van der Waals surface area contributed by atoms with E-state index in [0.29, 0.717) is 12.2 Å². The predicted molar refractivity (Wildman–Crippen MR) is 126 cm³/mol. The van der Waals surface area contributed by atoms with E-state index in [1.807, 2.05) is 0 Å². The number of carbonyl (C=O) groups excluding carboxylic acids is 1. The molecule has 2 atom stereocenters. The number of aliphatic hydroxyl groups excluding tert-OH is 1. The van der Waals surface area contributed by atoms with Crippen LogP contribution in [-0.2, 0) is 24.3 Å². The van der Waals surface area contributed by atoms with Gasteiger partial charge in [-0.2, -0.15) is 4.31 Å². The second-order valence-corrected chi connectivity index (χ2v) is 9.66. The van der Waals surface area contributed by atoms with Crippen molar-refractivity contribution in [3.8, 4) is 5.75 Å². The molecule has 0 spiro atoms. The fraction of sp³-hybridized carbons (Fsp3) is 0.375. The number of amides is 1. The average Bonchev–Trinajstić information content (AvgIpc) is 2.88. The fourth-order valence-corrected chi connectivity index (χ4v) is 5.05. The molecule has 11 heteroatoms. The molecule has 0 bridgehead atoms. The van der Waals surface area contributed by atoms with Crippen LogP contribution in [0.15, 0.2) is 65.3 Å². The number of benzene rings is 2. The number of rotatable bonds is 11. The number of carbonyl (C=O) groups is 1. The molecule has 0 aliphatic carbocycles. The number of halogens is 1. The van der Waals surface area contributed by atoms with Gasteiger partial charge in [0, 0.05) is 32.5 Å². The standard InChI is InChI=1S/C24H29FN2O7S/c1-26-24(29)22-15-18(17-3-5-19(25)6-4-17)16-23(34-22)33-14-12-27(11-13-28)35(30,31)21-9-7-20(32-2)8-10-21/h3-10,15,18,23,28H,11-14,16H2,1-2H3,(H,26,29)/t18-,23+/m0/s1. The fourth-order valence-electron chi connectivity index (χ4n) is 3.63. The number of ether oxygens (including phenoxy) is 3. The van der Waals surface area contributed by atoms with Crippen LogP contribution in [0.3, 0.4) is 0 Å². The number of hydrogen-bond donors (Lipinski definition) is 2. The molecular weight excluding hydrogens is 479 g/mol. The zero-order valence-corrected chi connectivity index (χ0v) is 20.3. The predicted octanol–water partition coefficient (Wildman–Crippen LogP) is 1.99. The van der Waals surface area contributed by atoms with Gasteiger partial charge in [-0.25, -0.2) is 12.8 Å². The zero-order chi connectivity index (χ0) is 25.4. The summed E-state index contributed by atoms with van der Waals surface area (Å²) >= 11 is 0. The van der Waals surface area contributed by atoms with E-state index in [9.17, 15) is 22.7 Å². The largest absolute Gasteiger partial charge is 0.497 e. The summed E-state index contributed by atoms with van der Waals surface area (Å²) in [6.45, 7) is -0.581. The number of likely N-dealkylation sites (N-methyl/N-ethyl adjacent to an activating group) is 1. The molecule has 1 heterocycles. The molecule has 1 amide bonds. The lowest BCUT2D eigenvalue weighted by molar-refractivity contribution is -0.146. The normalized spacial score (nSPS) is 18.0. The van der Waals surface area contributed by atoms with Crippen LogP contribution in [0.5, 0.6) is 5.75 Å². The number of nitrogens with one attached hydrogen (secondary N) is 1. The number of hydrogen-bond acceptors (Lipinski definition) is 7. The summed E-state index contributed by atoms with van der Waals surface area (Å²) in [5, 5.41) is 11.9. The van der Waals surface area contributed by atoms with Crippen molar-refractivity contribution in [2.24, 2.45) is 0 Å². The van der Waals surface area contributed by atoms with Gasteiger partial charge >= 0.3 is 0 Å². The number of sulfonamides is 1. The van der Waals surface area contributed by atoms with Gasteiger partial charge in [-0.05, 0) is 48.0 Å². The monoisotopic (exact) mass is 508 g/mol. The lowest BCUT2D eigenvalue weighted by Gasteiger charge is -2.30. The van der Waals surface area contributed by atoms with Crippen LogP contribution < -0.4 is 10.1 Å². The summed E-state index contributed by atoms with van der Waals surface area (Å²) in [7, 11) is -0.935. The van der Waals surface area contributed by atoms with Crippen LogP contribution in [0.1, 0.15) is 17.9 Å². The van der Waals surface area contributed by atoms with E-state index in [-0.39, 0.29) is 48.7 Å². The Bertz CT molecular complexity index is 1120. The van der Waals surface area contributed by atoms with Crippen molar-refractivity contribution in [2.45, 2.75) is 23.5 Å². The molecule has 0 saturated carbocycles. The first-order valence-corrected chi connectivity index (χ1v) is 12.4. The molecule has 0 saturated heterocycles. The number of aliphatic hydroxyl groups is 1. The van der Waals surface area contributed by atoms with E-state index >= 15 is 0 Å². The molecule has 0 fully saturated rings. The summed E-state index contributed by atoms with van der Waals surface area (Å²) in [4.78, 5) is 12.3. The molecule has 3 rings (SSSR count). The highest BCUT2D eigenvalue weighted by Gasteiger charge is 2.29. The van der Waals surface area contributed by atoms with Gasteiger partial charge < -0.3 is 24.6 Å². The molecule has 190 valence electrons. The maximum absolute atomic E-state index is 13.3. The highest BCUT2D eigenvalue weighted by Crippen LogP contribution is 2.31. The van der Waals surface area contributed by atoms with E-state index in [2.05, 4.69) is 5.32 Å². The molecule has 0 unspecified atom stereocenters. The van der Waals surface area contributed by atoms with E-state index < -0.39 is 22.2 Å². The number of methoxy groups -OCH3 is 1. The van der Waals surface area contributed by atoms with Crippen LogP contribution in [-0.4, -0.2) is 70.5 Å². The quantitative estimate of drug-likeness (QED) is 0.477. The van der Waals surface area contributed by atoms with Crippen molar-refractivity contribution in [3.63, 3.8) is 0 Å². The molecule has 1 aliphatic rings. The van der Waals surface area contributed by atoms with Crippen molar-refractivity contribution >= 4 is 15.9 Å². The van der Waals surface area contributed by atoms with Crippen LogP contribution in [0.25, 0.3) is 0 Å². The Morgan fingerprint density at radius 1 is 1.17 bits per heavy atom. The maximum Gasteiger partial charge on any atom is 0.285 e. The Balaban J connectivity index is 1.69. The minimum Gasteiger partial charge on any atom is -0.497 e. The van der Waals surface area contributed by atoms with Crippen molar-refractivity contribution in [1.82, 2.24) is 9.62 Å². The van der Waals surface area contributed by atoms with Crippen LogP contribution >= 0.6 is 0 Å². The van der Waals surface area contributed by atoms with Gasteiger partial charge in [0.1, 0.15) is 11.6 Å². The van der Waals surface area contributed by atoms with Crippen LogP contribution in [0, 0.1) is 5.82 Å². The topological polar surface area (TPSA) is 114 Å². The van der Waals surface area contributed by atoms with Gasteiger partial charge in [0.15, 0.2) is 5.76 Å². The third kappa shape index (κ3) is 6.79. The summed E-state index contributed by atoms with van der Waals surface area (Å²) in [5.41, 5.74) is 0.786. The molecule has 2 aromatic carbocycles. The first-order chi connectivity index (χ1) is 16.8. The Morgan fingerprint density at radius 3 is 2.46 bits per heavy atom. The van der Waals surface area contributed by atoms with Crippen LogP contribution in [0.4, 0.5) is 4.39 Å². The second kappa shape index (κ2) is 12.1. The van der Waals surface area contributed by atoms with Gasteiger partial charge in [0.25, 0.3) is 5.91 Å². The lowest BCUT2D eigenvalue weighted by atomic mass is 9.93. The van der Waals surface area contributed by atoms with Gasteiger partial charge in [0.05, 0.1) is 25.2 Å². The van der Waals surface area contributed by atoms with Crippen molar-refractivity contribution in [2.75, 3.05) is 40.5 Å². The first-order valence-electron chi connectivity index (χ1n) is 11.0. The number of nitrogens with zero attached hydrogens (tertiary/aromatic N) is 1. The number of allylic oxidation sites excluding steroid dienone is 1. The molecule has 35 heavy (non-hydrogen) atoms. The molecule has 1 aliphatic heterocycles. The van der Waals surface area contributed by atoms with Crippen LogP contribution in [0.2, 0.25) is 0 Å². The first kappa shape index (κ1) is 26.6. The molecule has 0 aromatic heterocycles. The highest BCUT2D eigenvalue weighted by atomic mass is 32.2. The third-order valence-electron chi connectivity index (χ3n) is 5.50. The highest BCUT2D eigenvalue weighted by molar-refractivity contribution is 7.89. The molecule has 9 nitrogen and oxygen atoms in total. The van der Waals surface area contributed by atoms with Gasteiger partial charge in [-0.3, -0.25) is 4.79 Å². The Labute approximate surface area is 204 Å². The summed E-state index contributed by atoms with van der Waals surface area (Å²) < 4.78 is 57.1. The minimum absolute atomic E-state index is 0.0444. The average molecular weight is 509 g/mol. The van der Waals surface area contributed by atoms with Gasteiger partial charge in [-0.15, -0.1) is 0 Å². The lowest BCUT2D eigenvalue weighted by Crippen LogP contribution is -2.38. The van der Waals surface area contributed by atoms with Gasteiger partial charge in [-0.1, -0.05) is 12.1 Å². The third-order valence-corrected chi connectivity index (χ3v) is 7.41. The molecule has 0 radical (unpaired) electrons. The van der Waals surface area contributed by atoms with Crippen molar-refractivity contribution in [3.05, 3.63) is 71.7 Å². The van der Waals surface area contributed by atoms with Crippen molar-refractivity contribution < 1.29 is 36.9 Å². The molecular formula is C24H29FN2O7S. The molecule has 2 aromatic rings. The van der Waals surface area contributed by atoms with Gasteiger partial charge in [0.2, 0.25) is 16.3 Å². The van der Waals surface area contributed by atoms with E-state index in [0.717, 1.165) is 9.87 Å². The Morgan fingerprint density at radius 2 is 1.86 bits per heavy atom.